The Morgan fingerprint density at radius 1 is 0.963 bits per heavy atom. The molecule has 0 atom stereocenters. The van der Waals surface area contributed by atoms with Gasteiger partial charge >= 0.3 is 0 Å². The normalized spacial score (nSPS) is 15.2. The van der Waals surface area contributed by atoms with E-state index in [0.29, 0.717) is 27.7 Å². The molecule has 2 amide bonds. The highest BCUT2D eigenvalue weighted by atomic mass is 35.5. The zero-order valence-electron chi connectivity index (χ0n) is 14.3. The Morgan fingerprint density at radius 2 is 1.56 bits per heavy atom. The molecule has 1 heterocycles. The Bertz CT molecular complexity index is 933. The number of benzene rings is 2. The molecule has 3 rings (SSSR count). The number of amides is 2. The van der Waals surface area contributed by atoms with Gasteiger partial charge in [0.15, 0.2) is 0 Å². The summed E-state index contributed by atoms with van der Waals surface area (Å²) in [4.78, 5) is 24.2. The second-order valence-electron chi connectivity index (χ2n) is 5.99. The number of hydrogen-bond acceptors (Lipinski definition) is 3. The molecule has 7 heteroatoms. The summed E-state index contributed by atoms with van der Waals surface area (Å²) in [6.07, 6.45) is 2.31. The molecule has 138 valence electrons. The molecule has 5 nitrogen and oxygen atoms in total. The van der Waals surface area contributed by atoms with Crippen molar-refractivity contribution in [1.82, 2.24) is 10.7 Å². The van der Waals surface area contributed by atoms with Crippen LogP contribution in [0.1, 0.15) is 24.0 Å². The van der Waals surface area contributed by atoms with Crippen LogP contribution in [0.15, 0.2) is 60.2 Å². The highest BCUT2D eigenvalue weighted by molar-refractivity contribution is 6.31. The van der Waals surface area contributed by atoms with Gasteiger partial charge in [0.1, 0.15) is 0 Å². The summed E-state index contributed by atoms with van der Waals surface area (Å²) >= 11 is 11.9. The molecule has 0 saturated carbocycles. The van der Waals surface area contributed by atoms with Crippen molar-refractivity contribution in [2.75, 3.05) is 0 Å². The Balaban J connectivity index is 2.02. The van der Waals surface area contributed by atoms with Crippen LogP contribution in [0.5, 0.6) is 0 Å². The van der Waals surface area contributed by atoms with E-state index in [-0.39, 0.29) is 18.2 Å². The SMILES string of the molecule is NNC(=O)CC/C(=C1\C=C(c2ccc(Cl)cc2)NC1=O)c1ccc(Cl)cc1. The van der Waals surface area contributed by atoms with E-state index in [9.17, 15) is 9.59 Å². The van der Waals surface area contributed by atoms with Crippen LogP contribution in [0.25, 0.3) is 11.3 Å². The fourth-order valence-corrected chi connectivity index (χ4v) is 3.09. The van der Waals surface area contributed by atoms with E-state index in [1.54, 1.807) is 30.3 Å². The number of rotatable bonds is 5. The number of nitrogens with one attached hydrogen (secondary N) is 2. The van der Waals surface area contributed by atoms with Crippen molar-refractivity contribution in [2.45, 2.75) is 12.8 Å². The molecule has 4 N–H and O–H groups in total. The second kappa shape index (κ2) is 8.39. The topological polar surface area (TPSA) is 84.2 Å². The van der Waals surface area contributed by atoms with Gasteiger partial charge in [0.25, 0.3) is 5.91 Å². The third-order valence-electron chi connectivity index (χ3n) is 4.22. The molecular weight excluding hydrogens is 385 g/mol. The lowest BCUT2D eigenvalue weighted by Crippen LogP contribution is -2.29. The smallest absolute Gasteiger partial charge is 0.256 e. The minimum Gasteiger partial charge on any atom is -0.321 e. The van der Waals surface area contributed by atoms with Gasteiger partial charge in [-0.1, -0.05) is 47.5 Å². The summed E-state index contributed by atoms with van der Waals surface area (Å²) in [6.45, 7) is 0. The van der Waals surface area contributed by atoms with Gasteiger partial charge in [-0.05, 0) is 53.5 Å². The Hall–Kier alpha value is -2.60. The lowest BCUT2D eigenvalue weighted by atomic mass is 9.95. The van der Waals surface area contributed by atoms with Crippen molar-refractivity contribution in [3.05, 3.63) is 81.4 Å². The molecule has 0 spiro atoms. The number of hydrogen-bond donors (Lipinski definition) is 3. The molecule has 1 aliphatic heterocycles. The van der Waals surface area contributed by atoms with Crippen LogP contribution in [0.2, 0.25) is 10.0 Å². The maximum Gasteiger partial charge on any atom is 0.256 e. The summed E-state index contributed by atoms with van der Waals surface area (Å²) in [5, 5.41) is 4.09. The van der Waals surface area contributed by atoms with Crippen molar-refractivity contribution < 1.29 is 9.59 Å². The first-order valence-corrected chi connectivity index (χ1v) is 9.01. The fourth-order valence-electron chi connectivity index (χ4n) is 2.84. The minimum atomic E-state index is -0.303. The maximum absolute atomic E-state index is 12.6. The third-order valence-corrected chi connectivity index (χ3v) is 4.72. The van der Waals surface area contributed by atoms with Crippen molar-refractivity contribution in [1.29, 1.82) is 0 Å². The van der Waals surface area contributed by atoms with E-state index in [4.69, 9.17) is 29.0 Å². The molecule has 27 heavy (non-hydrogen) atoms. The van der Waals surface area contributed by atoms with Crippen LogP contribution in [-0.4, -0.2) is 11.8 Å². The summed E-state index contributed by atoms with van der Waals surface area (Å²) in [7, 11) is 0. The van der Waals surface area contributed by atoms with E-state index < -0.39 is 0 Å². The lowest BCUT2D eigenvalue weighted by Gasteiger charge is -2.10. The molecule has 0 saturated heterocycles. The van der Waals surface area contributed by atoms with Crippen LogP contribution < -0.4 is 16.6 Å². The molecule has 0 radical (unpaired) electrons. The van der Waals surface area contributed by atoms with Crippen molar-refractivity contribution >= 4 is 46.3 Å². The van der Waals surface area contributed by atoms with E-state index in [2.05, 4.69) is 10.7 Å². The van der Waals surface area contributed by atoms with E-state index in [1.807, 2.05) is 24.3 Å². The Kier molecular flexibility index (Phi) is 5.96. The number of halogens is 2. The van der Waals surface area contributed by atoms with Gasteiger partial charge in [-0.3, -0.25) is 15.0 Å². The fraction of sp³-hybridized carbons (Fsp3) is 0.100. The lowest BCUT2D eigenvalue weighted by molar-refractivity contribution is -0.121. The van der Waals surface area contributed by atoms with Crippen molar-refractivity contribution in [3.63, 3.8) is 0 Å². The molecular formula is C20H17Cl2N3O2. The Morgan fingerprint density at radius 3 is 2.15 bits per heavy atom. The Labute approximate surface area is 166 Å². The molecule has 1 aliphatic rings. The van der Waals surface area contributed by atoms with Gasteiger partial charge in [-0.2, -0.15) is 0 Å². The number of nitrogens with two attached hydrogens (primary N) is 1. The predicted molar refractivity (Wildman–Crippen MR) is 108 cm³/mol. The van der Waals surface area contributed by atoms with Crippen LogP contribution in [0.3, 0.4) is 0 Å². The summed E-state index contributed by atoms with van der Waals surface area (Å²) < 4.78 is 0. The number of carbonyl (C=O) groups excluding carboxylic acids is 2. The first-order chi connectivity index (χ1) is 13.0. The summed E-state index contributed by atoms with van der Waals surface area (Å²) in [5.41, 5.74) is 5.71. The van der Waals surface area contributed by atoms with Crippen LogP contribution in [0.4, 0.5) is 0 Å². The monoisotopic (exact) mass is 401 g/mol. The third kappa shape index (κ3) is 4.57. The first kappa shape index (κ1) is 19.2. The van der Waals surface area contributed by atoms with E-state index in [1.165, 1.54) is 0 Å². The molecule has 0 bridgehead atoms. The van der Waals surface area contributed by atoms with E-state index in [0.717, 1.165) is 16.7 Å². The summed E-state index contributed by atoms with van der Waals surface area (Å²) in [6, 6.07) is 14.3. The van der Waals surface area contributed by atoms with Gasteiger partial charge in [0, 0.05) is 27.7 Å². The van der Waals surface area contributed by atoms with Crippen molar-refractivity contribution in [2.24, 2.45) is 5.84 Å². The zero-order chi connectivity index (χ0) is 19.4. The number of carbonyl (C=O) groups is 2. The standard InChI is InChI=1S/C20H17Cl2N3O2/c21-14-5-1-12(2-6-14)16(9-10-19(26)25-23)17-11-18(24-20(17)27)13-3-7-15(22)8-4-13/h1-8,11H,9-10,23H2,(H,24,27)(H,25,26)/b17-16-. The van der Waals surface area contributed by atoms with Crippen LogP contribution >= 0.6 is 23.2 Å². The van der Waals surface area contributed by atoms with Crippen LogP contribution in [0, 0.1) is 0 Å². The van der Waals surface area contributed by atoms with Gasteiger partial charge in [-0.15, -0.1) is 0 Å². The summed E-state index contributed by atoms with van der Waals surface area (Å²) in [5.74, 6) is 4.65. The number of hydrazine groups is 1. The molecule has 2 aromatic carbocycles. The molecule has 0 unspecified atom stereocenters. The molecule has 0 aromatic heterocycles. The molecule has 0 aliphatic carbocycles. The highest BCUT2D eigenvalue weighted by Crippen LogP contribution is 2.31. The van der Waals surface area contributed by atoms with Gasteiger partial charge in [0.05, 0.1) is 0 Å². The minimum absolute atomic E-state index is 0.162. The van der Waals surface area contributed by atoms with Crippen molar-refractivity contribution in [3.8, 4) is 0 Å². The van der Waals surface area contributed by atoms with Gasteiger partial charge in [-0.25, -0.2) is 5.84 Å². The second-order valence-corrected chi connectivity index (χ2v) is 6.86. The number of allylic oxidation sites excluding steroid dienone is 1. The molecule has 2 aromatic rings. The highest BCUT2D eigenvalue weighted by Gasteiger charge is 2.23. The predicted octanol–water partition coefficient (Wildman–Crippen LogP) is 3.69. The van der Waals surface area contributed by atoms with Gasteiger partial charge < -0.3 is 5.32 Å². The van der Waals surface area contributed by atoms with Gasteiger partial charge in [0.2, 0.25) is 5.91 Å². The van der Waals surface area contributed by atoms with E-state index >= 15 is 0 Å². The first-order valence-electron chi connectivity index (χ1n) is 8.25. The van der Waals surface area contributed by atoms with Crippen LogP contribution in [-0.2, 0) is 9.59 Å². The zero-order valence-corrected chi connectivity index (χ0v) is 15.8. The molecule has 0 fully saturated rings. The largest absolute Gasteiger partial charge is 0.321 e. The maximum atomic E-state index is 12.6. The quantitative estimate of drug-likeness (QED) is 0.309. The average molecular weight is 402 g/mol. The average Bonchev–Trinajstić information content (AvgIpc) is 3.05.